The van der Waals surface area contributed by atoms with E-state index >= 15 is 0 Å². The normalized spacial score (nSPS) is 22.7. The van der Waals surface area contributed by atoms with Crippen molar-refractivity contribution in [3.8, 4) is 0 Å². The van der Waals surface area contributed by atoms with E-state index in [2.05, 4.69) is 0 Å². The lowest BCUT2D eigenvalue weighted by Gasteiger charge is -2.27. The van der Waals surface area contributed by atoms with Gasteiger partial charge in [0.1, 0.15) is 5.54 Å². The fourth-order valence-corrected chi connectivity index (χ4v) is 2.20. The Balaban J connectivity index is 2.34. The van der Waals surface area contributed by atoms with Crippen molar-refractivity contribution in [3.63, 3.8) is 0 Å². The molecule has 4 N–H and O–H groups in total. The first-order chi connectivity index (χ1) is 8.42. The van der Waals surface area contributed by atoms with Gasteiger partial charge in [-0.15, -0.1) is 0 Å². The molecule has 3 heteroatoms. The van der Waals surface area contributed by atoms with Crippen LogP contribution >= 0.6 is 0 Å². The highest BCUT2D eigenvalue weighted by molar-refractivity contribution is 6.05. The molecule has 0 saturated carbocycles. The quantitative estimate of drug-likeness (QED) is 0.618. The van der Waals surface area contributed by atoms with E-state index in [0.29, 0.717) is 17.7 Å². The summed E-state index contributed by atoms with van der Waals surface area (Å²) >= 11 is 0. The number of allylic oxidation sites excluding steroid dienone is 2. The Bertz CT molecular complexity index is 558. The molecule has 1 aliphatic rings. The lowest BCUT2D eigenvalue weighted by molar-refractivity contribution is 0.0919. The number of benzene rings is 1. The van der Waals surface area contributed by atoms with E-state index in [-0.39, 0.29) is 5.78 Å². The molecule has 2 rings (SSSR count). The van der Waals surface area contributed by atoms with Gasteiger partial charge in [-0.3, -0.25) is 4.79 Å². The standard InChI is InChI=1S/C15H18N2O/c1-10-4-3-7-15(17,9-10)14(18)12-5-6-13(16)11(2)8-12/h3-8H,9,16-17H2,1-2H3. The van der Waals surface area contributed by atoms with Gasteiger partial charge in [0.25, 0.3) is 0 Å². The van der Waals surface area contributed by atoms with Crippen LogP contribution < -0.4 is 11.5 Å². The van der Waals surface area contributed by atoms with Gasteiger partial charge in [0, 0.05) is 11.3 Å². The predicted octanol–water partition coefficient (Wildman–Crippen LogP) is 2.36. The molecule has 0 aromatic heterocycles. The van der Waals surface area contributed by atoms with E-state index < -0.39 is 5.54 Å². The zero-order chi connectivity index (χ0) is 13.3. The summed E-state index contributed by atoms with van der Waals surface area (Å²) in [4.78, 5) is 12.5. The number of Topliss-reactive ketones (excluding diaryl/α,β-unsaturated/α-hetero) is 1. The van der Waals surface area contributed by atoms with Gasteiger partial charge in [-0.05, 0) is 44.0 Å². The molecule has 18 heavy (non-hydrogen) atoms. The zero-order valence-corrected chi connectivity index (χ0v) is 10.7. The van der Waals surface area contributed by atoms with Crippen LogP contribution in [0.5, 0.6) is 0 Å². The number of carbonyl (C=O) groups excluding carboxylic acids is 1. The summed E-state index contributed by atoms with van der Waals surface area (Å²) in [5.41, 5.74) is 14.3. The second-order valence-corrected chi connectivity index (χ2v) is 4.99. The minimum absolute atomic E-state index is 0.0608. The number of nitrogen functional groups attached to an aromatic ring is 1. The lowest BCUT2D eigenvalue weighted by atomic mass is 9.81. The number of ketones is 1. The summed E-state index contributed by atoms with van der Waals surface area (Å²) in [6, 6.07) is 5.29. The summed E-state index contributed by atoms with van der Waals surface area (Å²) in [7, 11) is 0. The van der Waals surface area contributed by atoms with Crippen LogP contribution in [0.4, 0.5) is 5.69 Å². The van der Waals surface area contributed by atoms with Crippen LogP contribution in [-0.4, -0.2) is 11.3 Å². The highest BCUT2D eigenvalue weighted by atomic mass is 16.1. The lowest BCUT2D eigenvalue weighted by Crippen LogP contribution is -2.47. The number of rotatable bonds is 2. The fraction of sp³-hybridized carbons (Fsp3) is 0.267. The van der Waals surface area contributed by atoms with Gasteiger partial charge >= 0.3 is 0 Å². The molecule has 0 aliphatic heterocycles. The maximum absolute atomic E-state index is 12.5. The van der Waals surface area contributed by atoms with Gasteiger partial charge in [0.15, 0.2) is 5.78 Å². The van der Waals surface area contributed by atoms with Crippen molar-refractivity contribution in [2.24, 2.45) is 5.73 Å². The van der Waals surface area contributed by atoms with E-state index in [1.807, 2.05) is 26.0 Å². The predicted molar refractivity (Wildman–Crippen MR) is 74.4 cm³/mol. The average Bonchev–Trinajstić information content (AvgIpc) is 2.31. The third-order valence-electron chi connectivity index (χ3n) is 3.30. The molecule has 1 aliphatic carbocycles. The number of nitrogens with two attached hydrogens (primary N) is 2. The van der Waals surface area contributed by atoms with Crippen LogP contribution in [0.2, 0.25) is 0 Å². The van der Waals surface area contributed by atoms with Crippen molar-refractivity contribution in [1.82, 2.24) is 0 Å². The molecular formula is C15H18N2O. The topological polar surface area (TPSA) is 69.1 Å². The Morgan fingerprint density at radius 2 is 2.06 bits per heavy atom. The van der Waals surface area contributed by atoms with Crippen molar-refractivity contribution in [1.29, 1.82) is 0 Å². The number of hydrogen-bond donors (Lipinski definition) is 2. The minimum atomic E-state index is -0.929. The van der Waals surface area contributed by atoms with Crippen LogP contribution in [0.3, 0.4) is 0 Å². The summed E-state index contributed by atoms with van der Waals surface area (Å²) in [5, 5.41) is 0. The molecule has 0 bridgehead atoms. The SMILES string of the molecule is CC1=CC=CC(N)(C(=O)c2ccc(N)c(C)c2)C1. The molecule has 0 heterocycles. The first-order valence-electron chi connectivity index (χ1n) is 5.97. The Hall–Kier alpha value is -1.87. The first kappa shape index (κ1) is 12.6. The molecular weight excluding hydrogens is 224 g/mol. The second-order valence-electron chi connectivity index (χ2n) is 4.99. The number of anilines is 1. The molecule has 0 spiro atoms. The number of carbonyl (C=O) groups is 1. The first-order valence-corrected chi connectivity index (χ1v) is 5.97. The molecule has 0 saturated heterocycles. The van der Waals surface area contributed by atoms with Crippen LogP contribution in [0.15, 0.2) is 42.0 Å². The zero-order valence-electron chi connectivity index (χ0n) is 10.7. The molecule has 1 aromatic rings. The van der Waals surface area contributed by atoms with Crippen LogP contribution in [0.25, 0.3) is 0 Å². The molecule has 94 valence electrons. The molecule has 1 unspecified atom stereocenters. The monoisotopic (exact) mass is 242 g/mol. The molecule has 0 fully saturated rings. The Morgan fingerprint density at radius 3 is 2.67 bits per heavy atom. The smallest absolute Gasteiger partial charge is 0.186 e. The van der Waals surface area contributed by atoms with Crippen LogP contribution in [0, 0.1) is 6.92 Å². The summed E-state index contributed by atoms with van der Waals surface area (Å²) in [6.45, 7) is 3.86. The van der Waals surface area contributed by atoms with Gasteiger partial charge in [0.05, 0.1) is 0 Å². The average molecular weight is 242 g/mol. The third kappa shape index (κ3) is 2.22. The van der Waals surface area contributed by atoms with Crippen molar-refractivity contribution in [3.05, 3.63) is 53.1 Å². The number of aryl methyl sites for hydroxylation is 1. The van der Waals surface area contributed by atoms with Crippen LogP contribution in [-0.2, 0) is 0 Å². The highest BCUT2D eigenvalue weighted by Gasteiger charge is 2.33. The van der Waals surface area contributed by atoms with E-state index in [0.717, 1.165) is 11.1 Å². The van der Waals surface area contributed by atoms with Crippen molar-refractivity contribution >= 4 is 11.5 Å². The molecule has 0 radical (unpaired) electrons. The van der Waals surface area contributed by atoms with E-state index in [1.54, 1.807) is 24.3 Å². The minimum Gasteiger partial charge on any atom is -0.399 e. The van der Waals surface area contributed by atoms with Crippen LogP contribution in [0.1, 0.15) is 29.3 Å². The largest absolute Gasteiger partial charge is 0.399 e. The maximum atomic E-state index is 12.5. The van der Waals surface area contributed by atoms with E-state index in [9.17, 15) is 4.79 Å². The Labute approximate surface area is 107 Å². The van der Waals surface area contributed by atoms with E-state index in [4.69, 9.17) is 11.5 Å². The van der Waals surface area contributed by atoms with E-state index in [1.165, 1.54) is 0 Å². The van der Waals surface area contributed by atoms with Gasteiger partial charge in [-0.1, -0.05) is 23.8 Å². The fourth-order valence-electron chi connectivity index (χ4n) is 2.20. The summed E-state index contributed by atoms with van der Waals surface area (Å²) in [6.07, 6.45) is 6.16. The molecule has 1 atom stereocenters. The molecule has 3 nitrogen and oxygen atoms in total. The van der Waals surface area contributed by atoms with Gasteiger partial charge in [-0.2, -0.15) is 0 Å². The van der Waals surface area contributed by atoms with Gasteiger partial charge < -0.3 is 11.5 Å². The maximum Gasteiger partial charge on any atom is 0.186 e. The van der Waals surface area contributed by atoms with Crippen molar-refractivity contribution < 1.29 is 4.79 Å². The summed E-state index contributed by atoms with van der Waals surface area (Å²) < 4.78 is 0. The summed E-state index contributed by atoms with van der Waals surface area (Å²) in [5.74, 6) is -0.0608. The van der Waals surface area contributed by atoms with Crippen molar-refractivity contribution in [2.75, 3.05) is 5.73 Å². The number of hydrogen-bond acceptors (Lipinski definition) is 3. The molecule has 0 amide bonds. The second kappa shape index (κ2) is 4.42. The van der Waals surface area contributed by atoms with Gasteiger partial charge in [-0.25, -0.2) is 0 Å². The van der Waals surface area contributed by atoms with Crippen molar-refractivity contribution in [2.45, 2.75) is 25.8 Å². The molecule has 1 aromatic carbocycles. The van der Waals surface area contributed by atoms with Gasteiger partial charge in [0.2, 0.25) is 0 Å². The third-order valence-corrected chi connectivity index (χ3v) is 3.30. The Morgan fingerprint density at radius 1 is 1.33 bits per heavy atom. The highest BCUT2D eigenvalue weighted by Crippen LogP contribution is 2.25. The Kier molecular flexibility index (Phi) is 3.09.